The van der Waals surface area contributed by atoms with E-state index in [0.717, 1.165) is 66.3 Å². The van der Waals surface area contributed by atoms with Crippen LogP contribution in [0.15, 0.2) is 54.7 Å². The second-order valence-electron chi connectivity index (χ2n) is 8.83. The van der Waals surface area contributed by atoms with E-state index in [0.29, 0.717) is 30.9 Å². The van der Waals surface area contributed by atoms with Gasteiger partial charge in [-0.2, -0.15) is 5.26 Å². The minimum atomic E-state index is -0.0670. The highest BCUT2D eigenvalue weighted by Gasteiger charge is 2.23. The van der Waals surface area contributed by atoms with Crippen molar-refractivity contribution >= 4 is 45.6 Å². The molecule has 1 aliphatic carbocycles. The zero-order chi connectivity index (χ0) is 24.9. The van der Waals surface area contributed by atoms with Crippen LogP contribution in [0.25, 0.3) is 0 Å². The monoisotopic (exact) mass is 611 g/mol. The summed E-state index contributed by atoms with van der Waals surface area (Å²) in [7, 11) is 0. The second-order valence-corrected chi connectivity index (χ2v) is 10.9. The molecule has 0 saturated carbocycles. The third-order valence-corrected chi connectivity index (χ3v) is 7.79. The van der Waals surface area contributed by atoms with E-state index in [-0.39, 0.29) is 6.10 Å². The first kappa shape index (κ1) is 24.9. The van der Waals surface area contributed by atoms with E-state index in [1.165, 1.54) is 5.56 Å². The van der Waals surface area contributed by atoms with Crippen LogP contribution in [0, 0.1) is 16.7 Å². The van der Waals surface area contributed by atoms with Crippen molar-refractivity contribution in [2.24, 2.45) is 0 Å². The molecule has 7 nitrogen and oxygen atoms in total. The summed E-state index contributed by atoms with van der Waals surface area (Å²) in [5.74, 6) is 1.61. The van der Waals surface area contributed by atoms with Crippen molar-refractivity contribution in [3.8, 4) is 11.8 Å². The number of aromatic nitrogens is 1. The molecule has 2 heterocycles. The Balaban J connectivity index is 1.43. The molecule has 0 amide bonds. The molecule has 1 saturated heterocycles. The molecular weight excluding hydrogens is 584 g/mol. The number of rotatable bonds is 7. The number of aryl methyl sites for hydroxylation is 1. The highest BCUT2D eigenvalue weighted by molar-refractivity contribution is 14.2. The first-order chi connectivity index (χ1) is 17.7. The van der Waals surface area contributed by atoms with Crippen LogP contribution in [-0.4, -0.2) is 37.0 Å². The van der Waals surface area contributed by atoms with Crippen LogP contribution in [0.1, 0.15) is 46.8 Å². The summed E-state index contributed by atoms with van der Waals surface area (Å²) in [5, 5.41) is 21.7. The molecule has 0 radical (unpaired) electrons. The van der Waals surface area contributed by atoms with Crippen molar-refractivity contribution in [1.29, 1.82) is 10.7 Å². The van der Waals surface area contributed by atoms with Crippen molar-refractivity contribution in [3.63, 3.8) is 0 Å². The highest BCUT2D eigenvalue weighted by Crippen LogP contribution is 2.37. The highest BCUT2D eigenvalue weighted by atomic mass is 127. The van der Waals surface area contributed by atoms with Crippen molar-refractivity contribution in [2.45, 2.75) is 25.4 Å². The van der Waals surface area contributed by atoms with Gasteiger partial charge in [0.15, 0.2) is 0 Å². The van der Waals surface area contributed by atoms with Gasteiger partial charge in [0, 0.05) is 42.5 Å². The lowest BCUT2D eigenvalue weighted by Crippen LogP contribution is -2.36. The van der Waals surface area contributed by atoms with Crippen LogP contribution >= 0.6 is 28.4 Å². The van der Waals surface area contributed by atoms with Crippen molar-refractivity contribution in [3.05, 3.63) is 82.5 Å². The van der Waals surface area contributed by atoms with E-state index >= 15 is 0 Å². The van der Waals surface area contributed by atoms with Crippen LogP contribution < -0.4 is 14.7 Å². The lowest BCUT2D eigenvalue weighted by molar-refractivity contribution is 0.122. The molecule has 9 heteroatoms. The van der Waals surface area contributed by atoms with Crippen LogP contribution in [-0.2, 0) is 11.2 Å². The Morgan fingerprint density at radius 2 is 2.06 bits per heavy atom. The molecule has 2 aromatic carbocycles. The Hall–Kier alpha value is -2.73. The van der Waals surface area contributed by atoms with Gasteiger partial charge < -0.3 is 19.5 Å². The van der Waals surface area contributed by atoms with Crippen molar-refractivity contribution in [1.82, 2.24) is 4.98 Å². The number of ether oxygens (including phenoxy) is 2. The van der Waals surface area contributed by atoms with Gasteiger partial charge in [0.1, 0.15) is 17.7 Å². The Bertz CT molecular complexity index is 1310. The zero-order valence-corrected chi connectivity index (χ0v) is 22.9. The fourth-order valence-corrected chi connectivity index (χ4v) is 5.98. The van der Waals surface area contributed by atoms with E-state index in [9.17, 15) is 5.26 Å². The molecule has 2 N–H and O–H groups in total. The molecule has 5 rings (SSSR count). The van der Waals surface area contributed by atoms with E-state index in [1.54, 1.807) is 6.20 Å². The Morgan fingerprint density at radius 1 is 1.19 bits per heavy atom. The van der Waals surface area contributed by atoms with Gasteiger partial charge in [0.25, 0.3) is 0 Å². The minimum Gasteiger partial charge on any atom is -0.486 e. The van der Waals surface area contributed by atoms with Gasteiger partial charge in [-0.1, -0.05) is 6.07 Å². The first-order valence-corrected chi connectivity index (χ1v) is 16.1. The molecule has 2 atom stereocenters. The molecule has 184 valence electrons. The Morgan fingerprint density at radius 3 is 2.86 bits per heavy atom. The van der Waals surface area contributed by atoms with Gasteiger partial charge in [-0.25, -0.2) is 4.98 Å². The summed E-state index contributed by atoms with van der Waals surface area (Å²) < 4.78 is 12.0. The summed E-state index contributed by atoms with van der Waals surface area (Å²) >= 11 is 2.30. The largest absolute Gasteiger partial charge is 0.486 e. The second kappa shape index (κ2) is 11.5. The van der Waals surface area contributed by atoms with Gasteiger partial charge in [0.05, 0.1) is 30.6 Å². The molecule has 3 aromatic rings. The van der Waals surface area contributed by atoms with Crippen LogP contribution in [0.4, 0.5) is 11.5 Å². The zero-order valence-electron chi connectivity index (χ0n) is 19.8. The standard InChI is InChI=1S/C27H27IN5O2P/c28-36-32-24-7-5-21(35-25-3-1-2-19-14-18(17-29)4-6-22(19)25)16-23(24)27(30)20-8-9-31-26(15-20)33-10-12-34-13-11-33/h4-9,14-16,25,30,32,36H,1-3,10-13H2. The molecule has 2 aliphatic rings. The molecule has 36 heavy (non-hydrogen) atoms. The number of pyridine rings is 1. The number of nitriles is 1. The number of benzene rings is 2. The Kier molecular flexibility index (Phi) is 8.00. The summed E-state index contributed by atoms with van der Waals surface area (Å²) in [4.78, 5) is 6.74. The minimum absolute atomic E-state index is 0.0670. The summed E-state index contributed by atoms with van der Waals surface area (Å²) in [6.07, 6.45) is 5.10. The SMILES string of the molecule is N#Cc1ccc2c(c1)CCCC2Oc1ccc(NPI)c(C(=N)c2ccnc(N3CCOCC3)c2)c1. The summed E-state index contributed by atoms with van der Waals surface area (Å²) in [6, 6.07) is 17.9. The number of nitrogens with zero attached hydrogens (tertiary/aromatic N) is 3. The lowest BCUT2D eigenvalue weighted by Gasteiger charge is -2.28. The van der Waals surface area contributed by atoms with Gasteiger partial charge in [-0.05, 0) is 94.9 Å². The maximum atomic E-state index is 9.26. The third kappa shape index (κ3) is 5.49. The van der Waals surface area contributed by atoms with E-state index in [4.69, 9.17) is 14.9 Å². The Labute approximate surface area is 226 Å². The predicted molar refractivity (Wildman–Crippen MR) is 153 cm³/mol. The van der Waals surface area contributed by atoms with Crippen molar-refractivity contribution in [2.75, 3.05) is 36.3 Å². The lowest BCUT2D eigenvalue weighted by atomic mass is 9.88. The number of hydrogen-bond donors (Lipinski definition) is 2. The van der Waals surface area contributed by atoms with E-state index in [1.807, 2.05) is 48.5 Å². The number of hydrogen-bond acceptors (Lipinski definition) is 7. The molecule has 0 bridgehead atoms. The number of anilines is 2. The molecule has 1 aromatic heterocycles. The number of halogens is 1. The molecule has 1 aliphatic heterocycles. The molecule has 2 unspecified atom stereocenters. The topological polar surface area (TPSA) is 94.3 Å². The number of morpholine rings is 1. The quantitative estimate of drug-likeness (QED) is 0.193. The number of fused-ring (bicyclic) bond motifs is 1. The van der Waals surface area contributed by atoms with E-state index in [2.05, 4.69) is 43.1 Å². The van der Waals surface area contributed by atoms with Gasteiger partial charge in [-0.15, -0.1) is 0 Å². The van der Waals surface area contributed by atoms with Crippen LogP contribution in [0.2, 0.25) is 0 Å². The van der Waals surface area contributed by atoms with Crippen LogP contribution in [0.5, 0.6) is 5.75 Å². The van der Waals surface area contributed by atoms with Gasteiger partial charge in [-0.3, -0.25) is 5.41 Å². The average molecular weight is 611 g/mol. The van der Waals surface area contributed by atoms with Crippen LogP contribution in [0.3, 0.4) is 0 Å². The first-order valence-electron chi connectivity index (χ1n) is 12.0. The third-order valence-electron chi connectivity index (χ3n) is 6.62. The smallest absolute Gasteiger partial charge is 0.129 e. The normalized spacial score (nSPS) is 17.4. The maximum Gasteiger partial charge on any atom is 0.129 e. The van der Waals surface area contributed by atoms with Crippen molar-refractivity contribution < 1.29 is 9.47 Å². The fraction of sp³-hybridized carbons (Fsp3) is 0.296. The summed E-state index contributed by atoms with van der Waals surface area (Å²) in [5.41, 5.74) is 5.98. The average Bonchev–Trinajstić information content (AvgIpc) is 2.94. The van der Waals surface area contributed by atoms with E-state index < -0.39 is 0 Å². The molecule has 0 spiro atoms. The van der Waals surface area contributed by atoms with Gasteiger partial charge in [0.2, 0.25) is 0 Å². The molecule has 1 fully saturated rings. The summed E-state index contributed by atoms with van der Waals surface area (Å²) in [6.45, 7) is 2.98. The molecular formula is C27H27IN5O2P. The van der Waals surface area contributed by atoms with Gasteiger partial charge >= 0.3 is 0 Å². The fourth-order valence-electron chi connectivity index (χ4n) is 4.78. The maximum absolute atomic E-state index is 9.26. The number of nitrogens with one attached hydrogen (secondary N) is 2. The predicted octanol–water partition coefficient (Wildman–Crippen LogP) is 6.02.